The van der Waals surface area contributed by atoms with E-state index in [1.807, 2.05) is 61.5 Å². The molecule has 0 aliphatic rings. The van der Waals surface area contributed by atoms with E-state index >= 15 is 0 Å². The van der Waals surface area contributed by atoms with Crippen LogP contribution in [0.1, 0.15) is 42.3 Å². The Morgan fingerprint density at radius 3 is 2.30 bits per heavy atom. The van der Waals surface area contributed by atoms with E-state index in [4.69, 9.17) is 0 Å². The van der Waals surface area contributed by atoms with Crippen LogP contribution in [0.15, 0.2) is 67.0 Å². The molecule has 0 unspecified atom stereocenters. The van der Waals surface area contributed by atoms with Gasteiger partial charge in [0.25, 0.3) is 5.91 Å². The molecule has 2 aromatic carbocycles. The first kappa shape index (κ1) is 18.6. The number of pyridine rings is 1. The molecule has 138 valence electrons. The Morgan fingerprint density at radius 2 is 1.59 bits per heavy atom. The number of amides is 1. The fourth-order valence-electron chi connectivity index (χ4n) is 2.94. The third kappa shape index (κ3) is 4.53. The van der Waals surface area contributed by atoms with Crippen LogP contribution in [0.4, 0.5) is 17.1 Å². The van der Waals surface area contributed by atoms with Crippen molar-refractivity contribution in [2.24, 2.45) is 0 Å². The summed E-state index contributed by atoms with van der Waals surface area (Å²) >= 11 is 0. The first-order valence-corrected chi connectivity index (χ1v) is 9.03. The lowest BCUT2D eigenvalue weighted by Crippen LogP contribution is -2.18. The number of aromatic nitrogens is 1. The fourth-order valence-corrected chi connectivity index (χ4v) is 2.94. The lowest BCUT2D eigenvalue weighted by molar-refractivity contribution is 0.102. The lowest BCUT2D eigenvalue weighted by atomic mass is 9.86. The molecule has 0 radical (unpaired) electrons. The Morgan fingerprint density at radius 1 is 0.926 bits per heavy atom. The highest BCUT2D eigenvalue weighted by atomic mass is 16.1. The average Bonchev–Trinajstić information content (AvgIpc) is 2.63. The second-order valence-electron chi connectivity index (χ2n) is 7.65. The van der Waals surface area contributed by atoms with Crippen LogP contribution in [0.2, 0.25) is 0 Å². The van der Waals surface area contributed by atoms with Gasteiger partial charge in [0, 0.05) is 17.6 Å². The molecule has 0 aliphatic heterocycles. The second-order valence-corrected chi connectivity index (χ2v) is 7.65. The molecule has 4 nitrogen and oxygen atoms in total. The minimum Gasteiger partial charge on any atom is -0.354 e. The number of benzene rings is 2. The van der Waals surface area contributed by atoms with E-state index in [0.717, 1.165) is 28.2 Å². The van der Waals surface area contributed by atoms with E-state index in [0.29, 0.717) is 5.56 Å². The monoisotopic (exact) mass is 359 g/mol. The molecule has 3 aromatic rings. The zero-order chi connectivity index (χ0) is 19.4. The summed E-state index contributed by atoms with van der Waals surface area (Å²) in [4.78, 5) is 17.0. The van der Waals surface area contributed by atoms with Gasteiger partial charge in [-0.1, -0.05) is 57.2 Å². The van der Waals surface area contributed by atoms with Gasteiger partial charge in [0.15, 0.2) is 0 Å². The van der Waals surface area contributed by atoms with Gasteiger partial charge in [0.05, 0.1) is 17.4 Å². The Kier molecular flexibility index (Phi) is 5.26. The molecule has 0 fully saturated rings. The topological polar surface area (TPSA) is 54.0 Å². The normalized spacial score (nSPS) is 11.1. The van der Waals surface area contributed by atoms with Gasteiger partial charge in [-0.15, -0.1) is 0 Å². The number of nitrogens with one attached hydrogen (secondary N) is 2. The summed E-state index contributed by atoms with van der Waals surface area (Å²) in [6.07, 6.45) is 3.30. The van der Waals surface area contributed by atoms with Crippen molar-refractivity contribution in [3.8, 4) is 0 Å². The number of nitrogens with zero attached hydrogens (tertiary/aromatic N) is 1. The van der Waals surface area contributed by atoms with Gasteiger partial charge in [-0.25, -0.2) is 0 Å². The van der Waals surface area contributed by atoms with Crippen LogP contribution < -0.4 is 10.6 Å². The third-order valence-electron chi connectivity index (χ3n) is 4.41. The van der Waals surface area contributed by atoms with E-state index in [2.05, 4.69) is 36.4 Å². The number of carbonyl (C=O) groups is 1. The Balaban J connectivity index is 1.82. The molecule has 1 amide bonds. The predicted octanol–water partition coefficient (Wildman–Crippen LogP) is 5.68. The number of hydrogen-bond donors (Lipinski definition) is 2. The first-order chi connectivity index (χ1) is 12.8. The molecular formula is C23H25N3O. The molecule has 0 aliphatic carbocycles. The third-order valence-corrected chi connectivity index (χ3v) is 4.41. The minimum atomic E-state index is -0.173. The molecule has 0 saturated carbocycles. The van der Waals surface area contributed by atoms with Crippen molar-refractivity contribution in [1.29, 1.82) is 0 Å². The van der Waals surface area contributed by atoms with Gasteiger partial charge in [0.2, 0.25) is 0 Å². The summed E-state index contributed by atoms with van der Waals surface area (Å²) in [5.74, 6) is -0.173. The average molecular weight is 359 g/mol. The molecule has 2 N–H and O–H groups in total. The SMILES string of the molecule is Cc1ccccc1Nc1cncc(C(=O)Nc2ccccc2C(C)(C)C)c1. The van der Waals surface area contributed by atoms with E-state index in [9.17, 15) is 4.79 Å². The molecule has 0 saturated heterocycles. The highest BCUT2D eigenvalue weighted by Crippen LogP contribution is 2.29. The maximum atomic E-state index is 12.8. The van der Waals surface area contributed by atoms with Crippen LogP contribution in [0.25, 0.3) is 0 Å². The molecule has 1 aromatic heterocycles. The van der Waals surface area contributed by atoms with Crippen LogP contribution in [-0.4, -0.2) is 10.9 Å². The number of carbonyl (C=O) groups excluding carboxylic acids is 1. The summed E-state index contributed by atoms with van der Waals surface area (Å²) in [5, 5.41) is 6.35. The van der Waals surface area contributed by atoms with Gasteiger partial charge in [0.1, 0.15) is 0 Å². The molecule has 4 heteroatoms. The van der Waals surface area contributed by atoms with Crippen molar-refractivity contribution in [1.82, 2.24) is 4.98 Å². The molecule has 0 bridgehead atoms. The molecular weight excluding hydrogens is 334 g/mol. The van der Waals surface area contributed by atoms with Crippen LogP contribution in [0, 0.1) is 6.92 Å². The molecule has 0 atom stereocenters. The Labute approximate surface area is 160 Å². The number of rotatable bonds is 4. The fraction of sp³-hybridized carbons (Fsp3) is 0.217. The zero-order valence-electron chi connectivity index (χ0n) is 16.2. The second kappa shape index (κ2) is 7.62. The molecule has 3 rings (SSSR count). The van der Waals surface area contributed by atoms with Crippen molar-refractivity contribution in [2.45, 2.75) is 33.1 Å². The highest BCUT2D eigenvalue weighted by Gasteiger charge is 2.19. The number of hydrogen-bond acceptors (Lipinski definition) is 3. The summed E-state index contributed by atoms with van der Waals surface area (Å²) in [6.45, 7) is 8.43. The van der Waals surface area contributed by atoms with E-state index in [1.165, 1.54) is 0 Å². The van der Waals surface area contributed by atoms with Crippen molar-refractivity contribution in [2.75, 3.05) is 10.6 Å². The number of aryl methyl sites for hydroxylation is 1. The largest absolute Gasteiger partial charge is 0.354 e. The molecule has 1 heterocycles. The maximum absolute atomic E-state index is 12.8. The van der Waals surface area contributed by atoms with Gasteiger partial charge < -0.3 is 10.6 Å². The first-order valence-electron chi connectivity index (χ1n) is 9.03. The Hall–Kier alpha value is -3.14. The van der Waals surface area contributed by atoms with Crippen molar-refractivity contribution >= 4 is 23.0 Å². The van der Waals surface area contributed by atoms with Gasteiger partial charge >= 0.3 is 0 Å². The summed E-state index contributed by atoms with van der Waals surface area (Å²) in [5.41, 5.74) is 5.28. The smallest absolute Gasteiger partial charge is 0.257 e. The minimum absolute atomic E-state index is 0.0592. The van der Waals surface area contributed by atoms with E-state index in [-0.39, 0.29) is 11.3 Å². The van der Waals surface area contributed by atoms with Gasteiger partial charge in [-0.05, 0) is 41.7 Å². The van der Waals surface area contributed by atoms with E-state index in [1.54, 1.807) is 12.4 Å². The summed E-state index contributed by atoms with van der Waals surface area (Å²) < 4.78 is 0. The highest BCUT2D eigenvalue weighted by molar-refractivity contribution is 6.05. The van der Waals surface area contributed by atoms with Crippen molar-refractivity contribution in [3.63, 3.8) is 0 Å². The summed E-state index contributed by atoms with van der Waals surface area (Å²) in [7, 11) is 0. The number of para-hydroxylation sites is 2. The van der Waals surface area contributed by atoms with Gasteiger partial charge in [-0.2, -0.15) is 0 Å². The van der Waals surface area contributed by atoms with Crippen molar-refractivity contribution in [3.05, 3.63) is 83.7 Å². The van der Waals surface area contributed by atoms with Crippen LogP contribution >= 0.6 is 0 Å². The van der Waals surface area contributed by atoms with Crippen LogP contribution in [0.3, 0.4) is 0 Å². The van der Waals surface area contributed by atoms with Crippen LogP contribution in [0.5, 0.6) is 0 Å². The van der Waals surface area contributed by atoms with E-state index < -0.39 is 0 Å². The summed E-state index contributed by atoms with van der Waals surface area (Å²) in [6, 6.07) is 17.7. The van der Waals surface area contributed by atoms with Crippen LogP contribution in [-0.2, 0) is 5.41 Å². The number of anilines is 3. The van der Waals surface area contributed by atoms with Gasteiger partial charge in [-0.3, -0.25) is 9.78 Å². The zero-order valence-corrected chi connectivity index (χ0v) is 16.2. The quantitative estimate of drug-likeness (QED) is 0.630. The molecule has 0 spiro atoms. The maximum Gasteiger partial charge on any atom is 0.257 e. The standard InChI is InChI=1S/C23H25N3O/c1-16-9-5-7-11-20(16)25-18-13-17(14-24-15-18)22(27)26-21-12-8-6-10-19(21)23(2,3)4/h5-15,25H,1-4H3,(H,26,27). The molecule has 27 heavy (non-hydrogen) atoms. The predicted molar refractivity (Wildman–Crippen MR) is 112 cm³/mol. The Bertz CT molecular complexity index is 958. The lowest BCUT2D eigenvalue weighted by Gasteiger charge is -2.23. The van der Waals surface area contributed by atoms with Crippen molar-refractivity contribution < 1.29 is 4.79 Å².